The van der Waals surface area contributed by atoms with E-state index in [9.17, 15) is 8.42 Å². The summed E-state index contributed by atoms with van der Waals surface area (Å²) in [5.41, 5.74) is 0. The number of sulfonamides is 1. The van der Waals surface area contributed by atoms with Crippen molar-refractivity contribution in [3.05, 3.63) is 28.7 Å². The molecule has 0 aliphatic carbocycles. The van der Waals surface area contributed by atoms with Crippen LogP contribution in [0.15, 0.2) is 33.6 Å². The van der Waals surface area contributed by atoms with Crippen LogP contribution in [0.1, 0.15) is 19.8 Å². The summed E-state index contributed by atoms with van der Waals surface area (Å²) in [6, 6.07) is 6.63. The molecule has 0 aromatic heterocycles. The van der Waals surface area contributed by atoms with Gasteiger partial charge in [0.1, 0.15) is 0 Å². The second-order valence-electron chi connectivity index (χ2n) is 3.78. The predicted molar refractivity (Wildman–Crippen MR) is 73.9 cm³/mol. The molecule has 3 nitrogen and oxygen atoms in total. The summed E-state index contributed by atoms with van der Waals surface area (Å²) in [4.78, 5) is 0.262. The summed E-state index contributed by atoms with van der Waals surface area (Å²) < 4.78 is 27.3. The lowest BCUT2D eigenvalue weighted by Crippen LogP contribution is -2.32. The van der Waals surface area contributed by atoms with Crippen molar-refractivity contribution in [1.29, 1.82) is 0 Å². The highest BCUT2D eigenvalue weighted by molar-refractivity contribution is 9.10. The zero-order chi connectivity index (χ0) is 12.9. The molecule has 1 N–H and O–H groups in total. The van der Waals surface area contributed by atoms with Gasteiger partial charge in [-0.1, -0.05) is 12.1 Å². The first kappa shape index (κ1) is 15.0. The molecule has 0 radical (unpaired) electrons. The van der Waals surface area contributed by atoms with E-state index in [0.29, 0.717) is 10.4 Å². The molecule has 6 heteroatoms. The number of benzene rings is 1. The summed E-state index contributed by atoms with van der Waals surface area (Å²) in [6.07, 6.45) is 1.52. The van der Waals surface area contributed by atoms with Gasteiger partial charge in [-0.3, -0.25) is 0 Å². The van der Waals surface area contributed by atoms with Crippen LogP contribution in [0.4, 0.5) is 0 Å². The Hall–Kier alpha value is -0.100. The Morgan fingerprint density at radius 1 is 1.41 bits per heavy atom. The van der Waals surface area contributed by atoms with Crippen molar-refractivity contribution in [1.82, 2.24) is 4.72 Å². The van der Waals surface area contributed by atoms with Gasteiger partial charge in [0, 0.05) is 16.4 Å². The van der Waals surface area contributed by atoms with Crippen LogP contribution in [-0.2, 0) is 10.0 Å². The molecule has 0 fully saturated rings. The summed E-state index contributed by atoms with van der Waals surface area (Å²) in [7, 11) is -3.46. The summed E-state index contributed by atoms with van der Waals surface area (Å²) in [6.45, 7) is 1.83. The number of alkyl halides is 1. The second kappa shape index (κ2) is 6.73. The fourth-order valence-corrected chi connectivity index (χ4v) is 3.87. The Morgan fingerprint density at radius 3 is 2.65 bits per heavy atom. The number of rotatable bonds is 6. The van der Waals surface area contributed by atoms with Crippen molar-refractivity contribution in [2.75, 3.05) is 5.88 Å². The van der Waals surface area contributed by atoms with Gasteiger partial charge in [0.2, 0.25) is 10.0 Å². The summed E-state index contributed by atoms with van der Waals surface area (Å²) >= 11 is 8.81. The van der Waals surface area contributed by atoms with E-state index in [1.807, 2.05) is 6.92 Å². The van der Waals surface area contributed by atoms with E-state index in [4.69, 9.17) is 11.6 Å². The minimum absolute atomic E-state index is 0.120. The van der Waals surface area contributed by atoms with Crippen LogP contribution < -0.4 is 4.72 Å². The van der Waals surface area contributed by atoms with E-state index in [2.05, 4.69) is 20.7 Å². The first-order chi connectivity index (χ1) is 7.97. The van der Waals surface area contributed by atoms with Gasteiger partial charge in [0.25, 0.3) is 0 Å². The zero-order valence-corrected chi connectivity index (χ0v) is 12.6. The van der Waals surface area contributed by atoms with Crippen LogP contribution in [0.3, 0.4) is 0 Å². The molecule has 1 unspecified atom stereocenters. The van der Waals surface area contributed by atoms with Gasteiger partial charge < -0.3 is 0 Å². The number of hydrogen-bond acceptors (Lipinski definition) is 2. The van der Waals surface area contributed by atoms with Crippen molar-refractivity contribution in [2.24, 2.45) is 0 Å². The zero-order valence-electron chi connectivity index (χ0n) is 9.49. The Labute approximate surface area is 116 Å². The van der Waals surface area contributed by atoms with E-state index in [0.717, 1.165) is 12.8 Å². The summed E-state index contributed by atoms with van der Waals surface area (Å²) in [5, 5.41) is 0. The topological polar surface area (TPSA) is 46.2 Å². The maximum atomic E-state index is 12.1. The van der Waals surface area contributed by atoms with E-state index in [-0.39, 0.29) is 10.9 Å². The average molecular weight is 341 g/mol. The van der Waals surface area contributed by atoms with Crippen molar-refractivity contribution >= 4 is 37.6 Å². The Balaban J connectivity index is 2.79. The smallest absolute Gasteiger partial charge is 0.208 e. The average Bonchev–Trinajstić information content (AvgIpc) is 2.26. The third kappa shape index (κ3) is 4.58. The third-order valence-electron chi connectivity index (χ3n) is 2.25. The quantitative estimate of drug-likeness (QED) is 0.809. The van der Waals surface area contributed by atoms with Gasteiger partial charge in [-0.15, -0.1) is 11.6 Å². The van der Waals surface area contributed by atoms with Crippen LogP contribution in [0.5, 0.6) is 0 Å². The van der Waals surface area contributed by atoms with Crippen molar-refractivity contribution in [2.45, 2.75) is 30.7 Å². The van der Waals surface area contributed by atoms with Gasteiger partial charge in [-0.25, -0.2) is 13.1 Å². The van der Waals surface area contributed by atoms with Crippen molar-refractivity contribution in [3.63, 3.8) is 0 Å². The van der Waals surface area contributed by atoms with Crippen molar-refractivity contribution in [3.8, 4) is 0 Å². The highest BCUT2D eigenvalue weighted by atomic mass is 79.9. The SMILES string of the molecule is CC(CCCCl)NS(=O)(=O)c1ccccc1Br. The lowest BCUT2D eigenvalue weighted by molar-refractivity contribution is 0.544. The van der Waals surface area contributed by atoms with E-state index in [1.54, 1.807) is 24.3 Å². The molecule has 0 bridgehead atoms. The van der Waals surface area contributed by atoms with Crippen LogP contribution in [0, 0.1) is 0 Å². The van der Waals surface area contributed by atoms with Gasteiger partial charge in [-0.2, -0.15) is 0 Å². The monoisotopic (exact) mass is 339 g/mol. The van der Waals surface area contributed by atoms with Gasteiger partial charge in [0.05, 0.1) is 4.90 Å². The van der Waals surface area contributed by atoms with E-state index >= 15 is 0 Å². The number of nitrogens with one attached hydrogen (secondary N) is 1. The molecule has 1 aromatic rings. The minimum Gasteiger partial charge on any atom is -0.208 e. The predicted octanol–water partition coefficient (Wildman–Crippen LogP) is 3.13. The molecule has 1 atom stereocenters. The lowest BCUT2D eigenvalue weighted by atomic mass is 10.2. The normalized spacial score (nSPS) is 13.6. The van der Waals surface area contributed by atoms with E-state index < -0.39 is 10.0 Å². The third-order valence-corrected chi connectivity index (χ3v) is 5.12. The molecule has 0 amide bonds. The van der Waals surface area contributed by atoms with Crippen LogP contribution in [-0.4, -0.2) is 20.3 Å². The Morgan fingerprint density at radius 2 is 2.06 bits per heavy atom. The fourth-order valence-electron chi connectivity index (χ4n) is 1.43. The maximum absolute atomic E-state index is 12.1. The largest absolute Gasteiger partial charge is 0.241 e. The van der Waals surface area contributed by atoms with Crippen molar-refractivity contribution < 1.29 is 8.42 Å². The van der Waals surface area contributed by atoms with Gasteiger partial charge in [-0.05, 0) is 47.8 Å². The fraction of sp³-hybridized carbons (Fsp3) is 0.455. The molecule has 1 aromatic carbocycles. The molecular weight excluding hydrogens is 326 g/mol. The molecule has 0 aliphatic rings. The first-order valence-corrected chi connectivity index (χ1v) is 8.11. The van der Waals surface area contributed by atoms with Crippen LogP contribution >= 0.6 is 27.5 Å². The number of hydrogen-bond donors (Lipinski definition) is 1. The van der Waals surface area contributed by atoms with Crippen LogP contribution in [0.25, 0.3) is 0 Å². The highest BCUT2D eigenvalue weighted by Crippen LogP contribution is 2.21. The molecule has 0 saturated carbocycles. The van der Waals surface area contributed by atoms with E-state index in [1.165, 1.54) is 0 Å². The molecule has 96 valence electrons. The molecule has 0 heterocycles. The van der Waals surface area contributed by atoms with Crippen LogP contribution in [0.2, 0.25) is 0 Å². The molecule has 0 aliphatic heterocycles. The highest BCUT2D eigenvalue weighted by Gasteiger charge is 2.19. The number of halogens is 2. The molecule has 0 saturated heterocycles. The maximum Gasteiger partial charge on any atom is 0.241 e. The minimum atomic E-state index is -3.46. The molecule has 17 heavy (non-hydrogen) atoms. The molecule has 1 rings (SSSR count). The molecule has 0 spiro atoms. The van der Waals surface area contributed by atoms with Gasteiger partial charge >= 0.3 is 0 Å². The lowest BCUT2D eigenvalue weighted by Gasteiger charge is -2.14. The Kier molecular flexibility index (Phi) is 5.92. The summed E-state index contributed by atoms with van der Waals surface area (Å²) in [5.74, 6) is 0.543. The molecular formula is C11H15BrClNO2S. The standard InChI is InChI=1S/C11H15BrClNO2S/c1-9(5-4-8-13)14-17(15,16)11-7-3-2-6-10(11)12/h2-3,6-7,9,14H,4-5,8H2,1H3. The Bertz CT molecular complexity index is 464. The second-order valence-corrected chi connectivity index (χ2v) is 6.70. The van der Waals surface area contributed by atoms with Gasteiger partial charge in [0.15, 0.2) is 0 Å². The first-order valence-electron chi connectivity index (χ1n) is 5.30.